The summed E-state index contributed by atoms with van der Waals surface area (Å²) in [5.74, 6) is -0.262. The molecule has 0 unspecified atom stereocenters. The van der Waals surface area contributed by atoms with Crippen LogP contribution in [0.2, 0.25) is 18.1 Å². The zero-order chi connectivity index (χ0) is 12.3. The number of methoxy groups -OCH3 is 1. The van der Waals surface area contributed by atoms with Crippen molar-refractivity contribution in [2.75, 3.05) is 7.11 Å². The Labute approximate surface area is 94.3 Å². The Hall–Kier alpha value is -0.353. The summed E-state index contributed by atoms with van der Waals surface area (Å²) in [5.41, 5.74) is 0. The molecule has 15 heavy (non-hydrogen) atoms. The van der Waals surface area contributed by atoms with Crippen molar-refractivity contribution >= 4 is 14.3 Å². The van der Waals surface area contributed by atoms with Gasteiger partial charge in [-0.2, -0.15) is 0 Å². The van der Waals surface area contributed by atoms with Gasteiger partial charge in [-0.1, -0.05) is 27.7 Å². The van der Waals surface area contributed by atoms with E-state index in [4.69, 9.17) is 9.16 Å². The Bertz CT molecular complexity index is 218. The summed E-state index contributed by atoms with van der Waals surface area (Å²) in [6.45, 7) is 12.7. The van der Waals surface area contributed by atoms with Crippen LogP contribution in [0.3, 0.4) is 0 Å². The van der Waals surface area contributed by atoms with Gasteiger partial charge < -0.3 is 9.16 Å². The minimum Gasteiger partial charge on any atom is -0.467 e. The van der Waals surface area contributed by atoms with Crippen LogP contribution in [0.4, 0.5) is 0 Å². The molecule has 0 saturated carbocycles. The summed E-state index contributed by atoms with van der Waals surface area (Å²) in [6.07, 6.45) is 0.259. The third kappa shape index (κ3) is 3.95. The van der Waals surface area contributed by atoms with Gasteiger partial charge in [0, 0.05) is 0 Å². The maximum Gasteiger partial charge on any atom is 0.333 e. The number of carbonyl (C=O) groups is 1. The molecule has 0 heterocycles. The minimum atomic E-state index is -1.87. The van der Waals surface area contributed by atoms with Gasteiger partial charge in [0.05, 0.1) is 7.11 Å². The van der Waals surface area contributed by atoms with Crippen LogP contribution in [0.1, 0.15) is 34.1 Å². The molecule has 0 aromatic heterocycles. The first-order valence-electron chi connectivity index (χ1n) is 5.41. The first-order valence-corrected chi connectivity index (χ1v) is 8.32. The SMILES string of the molecule is CC[C@@H](O[Si](C)(C)C(C)(C)C)C(=O)OC. The fraction of sp³-hybridized carbons (Fsp3) is 0.909. The van der Waals surface area contributed by atoms with E-state index < -0.39 is 14.4 Å². The Morgan fingerprint density at radius 1 is 1.33 bits per heavy atom. The molecule has 90 valence electrons. The summed E-state index contributed by atoms with van der Waals surface area (Å²) < 4.78 is 10.7. The first-order chi connectivity index (χ1) is 6.65. The van der Waals surface area contributed by atoms with Crippen LogP contribution >= 0.6 is 0 Å². The van der Waals surface area contributed by atoms with E-state index in [0.717, 1.165) is 0 Å². The molecule has 0 aliphatic carbocycles. The average molecular weight is 232 g/mol. The van der Waals surface area contributed by atoms with Gasteiger partial charge in [0.2, 0.25) is 0 Å². The number of esters is 1. The predicted molar refractivity (Wildman–Crippen MR) is 64.4 cm³/mol. The third-order valence-corrected chi connectivity index (χ3v) is 7.56. The van der Waals surface area contributed by atoms with Gasteiger partial charge in [0.15, 0.2) is 8.32 Å². The fourth-order valence-electron chi connectivity index (χ4n) is 0.962. The summed E-state index contributed by atoms with van der Waals surface area (Å²) >= 11 is 0. The normalized spacial score (nSPS) is 14.9. The largest absolute Gasteiger partial charge is 0.467 e. The molecule has 0 aromatic carbocycles. The zero-order valence-corrected chi connectivity index (χ0v) is 12.0. The predicted octanol–water partition coefficient (Wildman–Crippen LogP) is 2.96. The molecule has 0 aromatic rings. The molecule has 0 N–H and O–H groups in total. The van der Waals surface area contributed by atoms with E-state index in [-0.39, 0.29) is 11.0 Å². The molecule has 0 aliphatic rings. The quantitative estimate of drug-likeness (QED) is 0.552. The fourth-order valence-corrected chi connectivity index (χ4v) is 2.29. The van der Waals surface area contributed by atoms with Gasteiger partial charge in [0.1, 0.15) is 6.10 Å². The number of rotatable bonds is 4. The molecule has 0 spiro atoms. The van der Waals surface area contributed by atoms with Crippen LogP contribution in [-0.4, -0.2) is 27.5 Å². The molecule has 0 rings (SSSR count). The summed E-state index contributed by atoms with van der Waals surface area (Å²) in [6, 6.07) is 0. The van der Waals surface area contributed by atoms with E-state index in [1.54, 1.807) is 0 Å². The van der Waals surface area contributed by atoms with Crippen molar-refractivity contribution in [2.24, 2.45) is 0 Å². The van der Waals surface area contributed by atoms with Crippen LogP contribution in [0.15, 0.2) is 0 Å². The molecule has 0 bridgehead atoms. The van der Waals surface area contributed by atoms with Gasteiger partial charge in [-0.3, -0.25) is 0 Å². The van der Waals surface area contributed by atoms with Crippen molar-refractivity contribution in [1.29, 1.82) is 0 Å². The monoisotopic (exact) mass is 232 g/mol. The Morgan fingerprint density at radius 3 is 2.07 bits per heavy atom. The summed E-state index contributed by atoms with van der Waals surface area (Å²) in [5, 5.41) is 0.119. The van der Waals surface area contributed by atoms with Gasteiger partial charge >= 0.3 is 5.97 Å². The minimum absolute atomic E-state index is 0.119. The first kappa shape index (κ1) is 14.6. The maximum absolute atomic E-state index is 11.4. The van der Waals surface area contributed by atoms with E-state index in [9.17, 15) is 4.79 Å². The van der Waals surface area contributed by atoms with Crippen molar-refractivity contribution < 1.29 is 14.0 Å². The third-order valence-electron chi connectivity index (χ3n) is 3.08. The lowest BCUT2D eigenvalue weighted by Gasteiger charge is -2.38. The molecule has 0 aliphatic heterocycles. The van der Waals surface area contributed by atoms with E-state index in [2.05, 4.69) is 33.9 Å². The van der Waals surface area contributed by atoms with Crippen molar-refractivity contribution in [2.45, 2.75) is 58.4 Å². The van der Waals surface area contributed by atoms with E-state index in [1.165, 1.54) is 7.11 Å². The van der Waals surface area contributed by atoms with Gasteiger partial charge in [-0.15, -0.1) is 0 Å². The number of carbonyl (C=O) groups excluding carboxylic acids is 1. The molecular weight excluding hydrogens is 208 g/mol. The van der Waals surface area contributed by atoms with Gasteiger partial charge in [0.25, 0.3) is 0 Å². The molecule has 3 nitrogen and oxygen atoms in total. The average Bonchev–Trinajstić information content (AvgIpc) is 2.11. The highest BCUT2D eigenvalue weighted by molar-refractivity contribution is 6.74. The second-order valence-corrected chi connectivity index (χ2v) is 10.1. The molecule has 4 heteroatoms. The molecule has 0 saturated heterocycles. The molecule has 1 atom stereocenters. The Kier molecular flexibility index (Phi) is 5.00. The summed E-state index contributed by atoms with van der Waals surface area (Å²) in [7, 11) is -0.466. The van der Waals surface area contributed by atoms with Crippen LogP contribution in [0, 0.1) is 0 Å². The van der Waals surface area contributed by atoms with Crippen molar-refractivity contribution in [3.05, 3.63) is 0 Å². The van der Waals surface area contributed by atoms with Crippen LogP contribution in [0.5, 0.6) is 0 Å². The second kappa shape index (κ2) is 5.12. The Morgan fingerprint density at radius 2 is 1.80 bits per heavy atom. The van der Waals surface area contributed by atoms with Crippen molar-refractivity contribution in [3.63, 3.8) is 0 Å². The molecule has 0 radical (unpaired) electrons. The lowest BCUT2D eigenvalue weighted by molar-refractivity contribution is -0.149. The molecule has 0 fully saturated rings. The standard InChI is InChI=1S/C11H24O3Si/c1-8-9(10(12)13-5)14-15(6,7)11(2,3)4/h9H,8H2,1-7H3/t9-/m1/s1. The number of hydrogen-bond acceptors (Lipinski definition) is 3. The molecular formula is C11H24O3Si. The summed E-state index contributed by atoms with van der Waals surface area (Å²) in [4.78, 5) is 11.4. The smallest absolute Gasteiger partial charge is 0.333 e. The Balaban J connectivity index is 4.62. The lowest BCUT2D eigenvalue weighted by atomic mass is 10.2. The van der Waals surface area contributed by atoms with Crippen LogP contribution < -0.4 is 0 Å². The van der Waals surface area contributed by atoms with Crippen LogP contribution in [0.25, 0.3) is 0 Å². The van der Waals surface area contributed by atoms with Crippen LogP contribution in [-0.2, 0) is 14.0 Å². The van der Waals surface area contributed by atoms with Crippen molar-refractivity contribution in [3.8, 4) is 0 Å². The molecule has 0 amide bonds. The lowest BCUT2D eigenvalue weighted by Crippen LogP contribution is -2.46. The highest BCUT2D eigenvalue weighted by Crippen LogP contribution is 2.37. The number of hydrogen-bond donors (Lipinski definition) is 0. The van der Waals surface area contributed by atoms with Crippen molar-refractivity contribution in [1.82, 2.24) is 0 Å². The topological polar surface area (TPSA) is 35.5 Å². The zero-order valence-electron chi connectivity index (χ0n) is 11.0. The van der Waals surface area contributed by atoms with Gasteiger partial charge in [-0.25, -0.2) is 4.79 Å². The van der Waals surface area contributed by atoms with E-state index >= 15 is 0 Å². The highest BCUT2D eigenvalue weighted by Gasteiger charge is 2.40. The number of ether oxygens (including phenoxy) is 1. The second-order valence-electron chi connectivity index (χ2n) is 5.30. The highest BCUT2D eigenvalue weighted by atomic mass is 28.4. The van der Waals surface area contributed by atoms with E-state index in [0.29, 0.717) is 6.42 Å². The van der Waals surface area contributed by atoms with Gasteiger partial charge in [-0.05, 0) is 24.6 Å². The van der Waals surface area contributed by atoms with E-state index in [1.807, 2.05) is 6.92 Å². The maximum atomic E-state index is 11.4.